The summed E-state index contributed by atoms with van der Waals surface area (Å²) in [6.45, 7) is 1.85. The van der Waals surface area contributed by atoms with Crippen molar-refractivity contribution in [2.75, 3.05) is 22.3 Å². The zero-order valence-corrected chi connectivity index (χ0v) is 18.5. The van der Waals surface area contributed by atoms with Gasteiger partial charge in [0.1, 0.15) is 0 Å². The van der Waals surface area contributed by atoms with Gasteiger partial charge in [0.05, 0.1) is 11.5 Å². The minimum absolute atomic E-state index is 0.143. The first-order chi connectivity index (χ1) is 14.5. The van der Waals surface area contributed by atoms with Crippen molar-refractivity contribution in [3.05, 3.63) is 70.7 Å². The number of thioether (sulfide) groups is 1. The van der Waals surface area contributed by atoms with Gasteiger partial charge in [0, 0.05) is 10.2 Å². The van der Waals surface area contributed by atoms with E-state index in [-0.39, 0.29) is 17.6 Å². The largest absolute Gasteiger partial charge is 0.334 e. The first kappa shape index (κ1) is 21.6. The van der Waals surface area contributed by atoms with E-state index in [1.807, 2.05) is 73.7 Å². The highest BCUT2D eigenvalue weighted by atomic mass is 79.9. The quantitative estimate of drug-likeness (QED) is 0.192. The van der Waals surface area contributed by atoms with E-state index in [0.717, 1.165) is 15.7 Å². The van der Waals surface area contributed by atoms with Crippen LogP contribution in [0.25, 0.3) is 6.08 Å². The molecule has 0 unspecified atom stereocenters. The van der Waals surface area contributed by atoms with E-state index in [9.17, 15) is 4.79 Å². The lowest BCUT2D eigenvalue weighted by atomic mass is 10.2. The Kier molecular flexibility index (Phi) is 7.63. The molecule has 1 heterocycles. The van der Waals surface area contributed by atoms with Gasteiger partial charge in [-0.05, 0) is 36.8 Å². The Hall–Kier alpha value is -3.11. The molecule has 0 fully saturated rings. The molecule has 0 spiro atoms. The number of halogens is 1. The summed E-state index contributed by atoms with van der Waals surface area (Å²) in [6, 6.07) is 17.3. The average Bonchev–Trinajstić information content (AvgIpc) is 3.09. The lowest BCUT2D eigenvalue weighted by molar-refractivity contribution is -0.113. The number of carbonyl (C=O) groups is 1. The molecule has 4 N–H and O–H groups in total. The summed E-state index contributed by atoms with van der Waals surface area (Å²) in [7, 11) is 0. The number of nitrogens with zero attached hydrogens (tertiary/aromatic N) is 4. The number of nitrogens with two attached hydrogens (primary N) is 1. The molecule has 30 heavy (non-hydrogen) atoms. The fourth-order valence-electron chi connectivity index (χ4n) is 2.30. The van der Waals surface area contributed by atoms with Crippen LogP contribution in [-0.4, -0.2) is 32.2 Å². The Labute approximate surface area is 186 Å². The summed E-state index contributed by atoms with van der Waals surface area (Å²) in [5.41, 5.74) is 5.31. The molecule has 0 saturated carbocycles. The lowest BCUT2D eigenvalue weighted by Gasteiger charge is -2.05. The third-order valence-corrected chi connectivity index (χ3v) is 5.19. The van der Waals surface area contributed by atoms with Crippen molar-refractivity contribution < 1.29 is 4.79 Å². The zero-order valence-electron chi connectivity index (χ0n) is 16.1. The Bertz CT molecular complexity index is 1070. The standard InChI is InChI=1S/C20H20BrN7OS/c1-14(10-11-15-6-3-2-4-7-15)24-25-19-26-27-20(28(19)22)30-13-18(29)23-17-9-5-8-16(21)12-17/h2-12H,13,22H2,1H3,(H,23,29)(H,25,26)/b11-10+,24-14+. The van der Waals surface area contributed by atoms with Crippen LogP contribution in [0, 0.1) is 0 Å². The van der Waals surface area contributed by atoms with Crippen molar-refractivity contribution in [2.45, 2.75) is 12.1 Å². The molecule has 0 aliphatic carbocycles. The van der Waals surface area contributed by atoms with E-state index in [2.05, 4.69) is 42.0 Å². The molecule has 0 radical (unpaired) electrons. The molecule has 3 aromatic rings. The third kappa shape index (κ3) is 6.46. The van der Waals surface area contributed by atoms with Gasteiger partial charge in [-0.2, -0.15) is 5.10 Å². The van der Waals surface area contributed by atoms with E-state index < -0.39 is 0 Å². The number of aromatic nitrogens is 3. The van der Waals surface area contributed by atoms with Gasteiger partial charge >= 0.3 is 0 Å². The van der Waals surface area contributed by atoms with Crippen LogP contribution >= 0.6 is 27.7 Å². The normalized spacial score (nSPS) is 11.6. The summed E-state index contributed by atoms with van der Waals surface area (Å²) in [5, 5.41) is 15.4. The van der Waals surface area contributed by atoms with Gasteiger partial charge in [0.25, 0.3) is 5.95 Å². The lowest BCUT2D eigenvalue weighted by Crippen LogP contribution is -2.17. The van der Waals surface area contributed by atoms with E-state index in [4.69, 9.17) is 5.84 Å². The number of nitrogens with one attached hydrogen (secondary N) is 2. The van der Waals surface area contributed by atoms with Crippen LogP contribution in [-0.2, 0) is 4.79 Å². The number of anilines is 2. The van der Waals surface area contributed by atoms with Crippen molar-refractivity contribution in [3.8, 4) is 0 Å². The van der Waals surface area contributed by atoms with Crippen LogP contribution in [0.2, 0.25) is 0 Å². The van der Waals surface area contributed by atoms with Crippen LogP contribution in [0.1, 0.15) is 12.5 Å². The van der Waals surface area contributed by atoms with Gasteiger partial charge in [-0.3, -0.25) is 4.79 Å². The Balaban J connectivity index is 1.52. The average molecular weight is 486 g/mol. The molecule has 0 aliphatic heterocycles. The van der Waals surface area contributed by atoms with Crippen molar-refractivity contribution in [3.63, 3.8) is 0 Å². The SMILES string of the molecule is CC(/C=C/c1ccccc1)=N\Nc1nnc(SCC(=O)Nc2cccc(Br)c2)n1N. The summed E-state index contributed by atoms with van der Waals surface area (Å²) >= 11 is 4.55. The summed E-state index contributed by atoms with van der Waals surface area (Å²) in [6.07, 6.45) is 3.83. The van der Waals surface area contributed by atoms with Crippen LogP contribution in [0.3, 0.4) is 0 Å². The molecule has 10 heteroatoms. The number of benzene rings is 2. The number of nitrogen functional groups attached to an aromatic ring is 1. The van der Waals surface area contributed by atoms with E-state index in [1.165, 1.54) is 16.4 Å². The van der Waals surface area contributed by atoms with E-state index in [1.54, 1.807) is 0 Å². The number of carbonyl (C=O) groups excluding carboxylic acids is 1. The number of amides is 1. The molecular formula is C20H20BrN7OS. The molecule has 0 bridgehead atoms. The van der Waals surface area contributed by atoms with Gasteiger partial charge in [-0.1, -0.05) is 70.2 Å². The fourth-order valence-corrected chi connectivity index (χ4v) is 3.36. The van der Waals surface area contributed by atoms with Crippen molar-refractivity contribution in [1.82, 2.24) is 14.9 Å². The fraction of sp³-hybridized carbons (Fsp3) is 0.100. The zero-order chi connectivity index (χ0) is 21.3. The minimum atomic E-state index is -0.171. The van der Waals surface area contributed by atoms with Gasteiger partial charge in [-0.15, -0.1) is 10.2 Å². The van der Waals surface area contributed by atoms with Gasteiger partial charge < -0.3 is 11.2 Å². The Morgan fingerprint density at radius 1 is 1.23 bits per heavy atom. The first-order valence-electron chi connectivity index (χ1n) is 8.93. The molecule has 154 valence electrons. The number of allylic oxidation sites excluding steroid dienone is 1. The second-order valence-electron chi connectivity index (χ2n) is 6.13. The molecule has 2 aromatic carbocycles. The van der Waals surface area contributed by atoms with Gasteiger partial charge in [0.2, 0.25) is 11.1 Å². The van der Waals surface area contributed by atoms with Crippen LogP contribution in [0.5, 0.6) is 0 Å². The second kappa shape index (κ2) is 10.6. The van der Waals surface area contributed by atoms with Crippen LogP contribution in [0.4, 0.5) is 11.6 Å². The van der Waals surface area contributed by atoms with Crippen LogP contribution in [0.15, 0.2) is 75.4 Å². The maximum atomic E-state index is 12.1. The molecular weight excluding hydrogens is 466 g/mol. The molecule has 8 nitrogen and oxygen atoms in total. The first-order valence-corrected chi connectivity index (χ1v) is 10.7. The monoisotopic (exact) mass is 485 g/mol. The highest BCUT2D eigenvalue weighted by Gasteiger charge is 2.12. The molecule has 1 amide bonds. The predicted octanol–water partition coefficient (Wildman–Crippen LogP) is 3.99. The Morgan fingerprint density at radius 3 is 2.80 bits per heavy atom. The molecule has 0 aliphatic rings. The maximum Gasteiger partial charge on any atom is 0.264 e. The summed E-state index contributed by atoms with van der Waals surface area (Å²) < 4.78 is 2.15. The van der Waals surface area contributed by atoms with E-state index in [0.29, 0.717) is 10.8 Å². The predicted molar refractivity (Wildman–Crippen MR) is 126 cm³/mol. The van der Waals surface area contributed by atoms with Crippen LogP contribution < -0.4 is 16.6 Å². The number of rotatable bonds is 8. The summed E-state index contributed by atoms with van der Waals surface area (Å²) in [5.74, 6) is 6.24. The molecule has 3 rings (SSSR count). The number of hydrogen-bond acceptors (Lipinski definition) is 7. The van der Waals surface area contributed by atoms with Gasteiger partial charge in [-0.25, -0.2) is 10.1 Å². The minimum Gasteiger partial charge on any atom is -0.334 e. The summed E-state index contributed by atoms with van der Waals surface area (Å²) in [4.78, 5) is 12.1. The highest BCUT2D eigenvalue weighted by Crippen LogP contribution is 2.19. The van der Waals surface area contributed by atoms with E-state index >= 15 is 0 Å². The third-order valence-electron chi connectivity index (χ3n) is 3.75. The number of hydrogen-bond donors (Lipinski definition) is 3. The molecule has 0 saturated heterocycles. The number of hydrazone groups is 1. The smallest absolute Gasteiger partial charge is 0.264 e. The second-order valence-corrected chi connectivity index (χ2v) is 7.99. The van der Waals surface area contributed by atoms with Crippen molar-refractivity contribution in [1.29, 1.82) is 0 Å². The van der Waals surface area contributed by atoms with Crippen molar-refractivity contribution in [2.24, 2.45) is 5.10 Å². The molecule has 0 atom stereocenters. The molecule has 1 aromatic heterocycles. The van der Waals surface area contributed by atoms with Gasteiger partial charge in [0.15, 0.2) is 0 Å². The highest BCUT2D eigenvalue weighted by molar-refractivity contribution is 9.10. The maximum absolute atomic E-state index is 12.1. The topological polar surface area (TPSA) is 110 Å². The van der Waals surface area contributed by atoms with Crippen molar-refractivity contribution >= 4 is 57.0 Å². The Morgan fingerprint density at radius 2 is 2.03 bits per heavy atom.